The van der Waals surface area contributed by atoms with Crippen LogP contribution in [0.2, 0.25) is 0 Å². The maximum absolute atomic E-state index is 4.23. The van der Waals surface area contributed by atoms with Gasteiger partial charge in [-0.05, 0) is 86.8 Å². The van der Waals surface area contributed by atoms with Crippen LogP contribution in [0.5, 0.6) is 0 Å². The van der Waals surface area contributed by atoms with E-state index in [-0.39, 0.29) is 0 Å². The smallest absolute Gasteiger partial charge is 0.0315 e. The molecule has 2 heteroatoms. The van der Waals surface area contributed by atoms with Gasteiger partial charge in [0.2, 0.25) is 0 Å². The Balaban J connectivity index is 1.38. The van der Waals surface area contributed by atoms with Gasteiger partial charge in [0.1, 0.15) is 0 Å². The maximum Gasteiger partial charge on any atom is 0.0315 e. The number of pyridine rings is 1. The molecule has 1 atom stereocenters. The molecule has 1 aromatic rings. The zero-order chi connectivity index (χ0) is 13.5. The first-order chi connectivity index (χ1) is 9.79. The lowest BCUT2D eigenvalue weighted by atomic mass is 9.52. The molecule has 1 N–H and O–H groups in total. The molecule has 1 unspecified atom stereocenters. The van der Waals surface area contributed by atoms with E-state index in [1.54, 1.807) is 6.42 Å². The Morgan fingerprint density at radius 1 is 1.15 bits per heavy atom. The van der Waals surface area contributed by atoms with Gasteiger partial charge in [-0.1, -0.05) is 6.07 Å². The minimum Gasteiger partial charge on any atom is -0.310 e. The molecule has 0 saturated heterocycles. The van der Waals surface area contributed by atoms with Gasteiger partial charge in [0.05, 0.1) is 0 Å². The van der Waals surface area contributed by atoms with Crippen molar-refractivity contribution in [2.75, 3.05) is 6.54 Å². The molecule has 4 saturated carbocycles. The van der Waals surface area contributed by atoms with Crippen LogP contribution in [0.4, 0.5) is 0 Å². The Morgan fingerprint density at radius 3 is 2.45 bits per heavy atom. The van der Waals surface area contributed by atoms with E-state index in [9.17, 15) is 0 Å². The summed E-state index contributed by atoms with van der Waals surface area (Å²) in [6.07, 6.45) is 11.5. The molecular formula is C18H26N2. The molecule has 0 amide bonds. The van der Waals surface area contributed by atoms with Crippen molar-refractivity contribution >= 4 is 0 Å². The quantitative estimate of drug-likeness (QED) is 0.900. The predicted octanol–water partition coefficient (Wildman–Crippen LogP) is 3.80. The highest BCUT2D eigenvalue weighted by Gasteiger charge is 2.47. The van der Waals surface area contributed by atoms with Crippen LogP contribution in [0.1, 0.15) is 50.6 Å². The van der Waals surface area contributed by atoms with Crippen molar-refractivity contribution in [1.29, 1.82) is 0 Å². The summed E-state index contributed by atoms with van der Waals surface area (Å²) in [5.74, 6) is 5.18. The Kier molecular flexibility index (Phi) is 3.30. The molecule has 0 aliphatic heterocycles. The van der Waals surface area contributed by atoms with Crippen molar-refractivity contribution in [2.45, 2.75) is 45.1 Å². The van der Waals surface area contributed by atoms with Gasteiger partial charge in [-0.3, -0.25) is 4.98 Å². The van der Waals surface area contributed by atoms with Crippen LogP contribution in [-0.2, 0) is 0 Å². The van der Waals surface area contributed by atoms with E-state index in [1.165, 1.54) is 37.8 Å². The molecule has 0 aromatic carbocycles. The third-order valence-electron chi connectivity index (χ3n) is 6.27. The highest BCUT2D eigenvalue weighted by Crippen LogP contribution is 2.56. The second-order valence-corrected chi connectivity index (χ2v) is 7.51. The lowest BCUT2D eigenvalue weighted by Gasteiger charge is -2.54. The Hall–Kier alpha value is -0.890. The van der Waals surface area contributed by atoms with Crippen molar-refractivity contribution < 1.29 is 0 Å². The van der Waals surface area contributed by atoms with Gasteiger partial charge < -0.3 is 5.32 Å². The van der Waals surface area contributed by atoms with Crippen LogP contribution in [0.25, 0.3) is 0 Å². The Labute approximate surface area is 122 Å². The summed E-state index contributed by atoms with van der Waals surface area (Å²) in [4.78, 5) is 4.23. The summed E-state index contributed by atoms with van der Waals surface area (Å²) >= 11 is 0. The van der Waals surface area contributed by atoms with E-state index in [1.807, 2.05) is 18.5 Å². The van der Waals surface area contributed by atoms with E-state index in [2.05, 4.69) is 23.3 Å². The van der Waals surface area contributed by atoms with Gasteiger partial charge in [0, 0.05) is 18.4 Å². The van der Waals surface area contributed by atoms with Crippen molar-refractivity contribution in [1.82, 2.24) is 10.3 Å². The van der Waals surface area contributed by atoms with Crippen LogP contribution >= 0.6 is 0 Å². The average Bonchev–Trinajstić information content (AvgIpc) is 2.46. The molecule has 0 spiro atoms. The van der Waals surface area contributed by atoms with Crippen molar-refractivity contribution in [3.8, 4) is 0 Å². The van der Waals surface area contributed by atoms with Gasteiger partial charge in [0.25, 0.3) is 0 Å². The molecule has 1 heterocycles. The minimum atomic E-state index is 0.431. The van der Waals surface area contributed by atoms with Gasteiger partial charge in [-0.15, -0.1) is 0 Å². The Morgan fingerprint density at radius 2 is 1.85 bits per heavy atom. The molecule has 4 aliphatic carbocycles. The summed E-state index contributed by atoms with van der Waals surface area (Å²) in [5.41, 5.74) is 1.32. The minimum absolute atomic E-state index is 0.431. The number of nitrogens with one attached hydrogen (secondary N) is 1. The molecule has 4 bridgehead atoms. The normalized spacial score (nSPS) is 40.0. The first-order valence-corrected chi connectivity index (χ1v) is 8.43. The van der Waals surface area contributed by atoms with E-state index in [0.717, 1.165) is 29.6 Å². The predicted molar refractivity (Wildman–Crippen MR) is 81.2 cm³/mol. The highest BCUT2D eigenvalue weighted by atomic mass is 14.9. The summed E-state index contributed by atoms with van der Waals surface area (Å²) in [6, 6.07) is 4.65. The monoisotopic (exact) mass is 270 g/mol. The number of hydrogen-bond donors (Lipinski definition) is 1. The first-order valence-electron chi connectivity index (χ1n) is 8.43. The molecule has 4 aliphatic rings. The average molecular weight is 270 g/mol. The third kappa shape index (κ3) is 2.28. The Bertz CT molecular complexity index is 428. The molecule has 2 nitrogen and oxygen atoms in total. The topological polar surface area (TPSA) is 24.9 Å². The lowest BCUT2D eigenvalue weighted by Crippen LogP contribution is -2.48. The summed E-state index contributed by atoms with van der Waals surface area (Å²) in [7, 11) is 0. The number of rotatable bonds is 4. The summed E-state index contributed by atoms with van der Waals surface area (Å²) in [6.45, 7) is 3.48. The van der Waals surface area contributed by atoms with Crippen LogP contribution in [0.3, 0.4) is 0 Å². The standard InChI is InChI=1S/C18H26N2/c1-12(15-3-2-4-19-10-15)20-11-18-16-6-13-5-14(8-16)9-17(18)7-13/h2-4,10,12-14,16-18,20H,5-9,11H2,1H3. The zero-order valence-electron chi connectivity index (χ0n) is 12.5. The highest BCUT2D eigenvalue weighted by molar-refractivity contribution is 5.12. The molecule has 5 rings (SSSR count). The van der Waals surface area contributed by atoms with Gasteiger partial charge in [0.15, 0.2) is 0 Å². The van der Waals surface area contributed by atoms with Gasteiger partial charge in [-0.25, -0.2) is 0 Å². The lowest BCUT2D eigenvalue weighted by molar-refractivity contribution is -0.0362. The van der Waals surface area contributed by atoms with Crippen LogP contribution < -0.4 is 5.32 Å². The van der Waals surface area contributed by atoms with Gasteiger partial charge in [-0.2, -0.15) is 0 Å². The molecule has 1 aromatic heterocycles. The summed E-state index contributed by atoms with van der Waals surface area (Å²) in [5, 5.41) is 3.79. The first kappa shape index (κ1) is 12.8. The van der Waals surface area contributed by atoms with Crippen LogP contribution in [0.15, 0.2) is 24.5 Å². The van der Waals surface area contributed by atoms with Crippen LogP contribution in [0, 0.1) is 29.6 Å². The number of nitrogens with zero attached hydrogens (tertiary/aromatic N) is 1. The molecule has 20 heavy (non-hydrogen) atoms. The fourth-order valence-electron chi connectivity index (χ4n) is 5.43. The third-order valence-corrected chi connectivity index (χ3v) is 6.27. The zero-order valence-corrected chi connectivity index (χ0v) is 12.5. The molecule has 108 valence electrons. The van der Waals surface area contributed by atoms with Gasteiger partial charge >= 0.3 is 0 Å². The second-order valence-electron chi connectivity index (χ2n) is 7.51. The van der Waals surface area contributed by atoms with Crippen LogP contribution in [-0.4, -0.2) is 11.5 Å². The SMILES string of the molecule is CC(NCC1C2CC3CC(C2)CC1C3)c1cccnc1. The summed E-state index contributed by atoms with van der Waals surface area (Å²) < 4.78 is 0. The second kappa shape index (κ2) is 5.14. The van der Waals surface area contributed by atoms with E-state index < -0.39 is 0 Å². The van der Waals surface area contributed by atoms with E-state index in [0.29, 0.717) is 6.04 Å². The molecule has 4 fully saturated rings. The van der Waals surface area contributed by atoms with Crippen molar-refractivity contribution in [3.05, 3.63) is 30.1 Å². The maximum atomic E-state index is 4.23. The number of hydrogen-bond acceptors (Lipinski definition) is 2. The fourth-order valence-corrected chi connectivity index (χ4v) is 5.43. The molecule has 0 radical (unpaired) electrons. The molecular weight excluding hydrogens is 244 g/mol. The van der Waals surface area contributed by atoms with E-state index >= 15 is 0 Å². The number of aromatic nitrogens is 1. The van der Waals surface area contributed by atoms with E-state index in [4.69, 9.17) is 0 Å². The fraction of sp³-hybridized carbons (Fsp3) is 0.722. The largest absolute Gasteiger partial charge is 0.310 e. The van der Waals surface area contributed by atoms with Crippen molar-refractivity contribution in [2.24, 2.45) is 29.6 Å². The van der Waals surface area contributed by atoms with Crippen molar-refractivity contribution in [3.63, 3.8) is 0 Å².